The molecule has 1 atom stereocenters. The van der Waals surface area contributed by atoms with Crippen LogP contribution in [0.3, 0.4) is 0 Å². The molecule has 2 aromatic carbocycles. The standard InChI is InChI=1S/C25H28N2O4S/c1-5-17(4)31-21-9-7-6-8-19(21)14-22-24(29)27(25(30)32-22)15-23(28)26-20-12-10-18(11-13-20)16(2)3/h6-14,16-17H,5,15H2,1-4H3,(H,26,28)/b22-14+/t17-/m1/s1. The van der Waals surface area contributed by atoms with E-state index in [0.717, 1.165) is 28.6 Å². The fraction of sp³-hybridized carbons (Fsp3) is 0.320. The van der Waals surface area contributed by atoms with Gasteiger partial charge in [0.05, 0.1) is 11.0 Å². The molecule has 0 aliphatic carbocycles. The van der Waals surface area contributed by atoms with E-state index in [-0.39, 0.29) is 17.6 Å². The monoisotopic (exact) mass is 452 g/mol. The second-order valence-electron chi connectivity index (χ2n) is 7.97. The first-order chi connectivity index (χ1) is 15.3. The van der Waals surface area contributed by atoms with Crippen LogP contribution in [0, 0.1) is 0 Å². The van der Waals surface area contributed by atoms with Gasteiger partial charge in [0, 0.05) is 11.3 Å². The third-order valence-corrected chi connectivity index (χ3v) is 6.05. The summed E-state index contributed by atoms with van der Waals surface area (Å²) in [5.41, 5.74) is 2.50. The Bertz CT molecular complexity index is 1030. The van der Waals surface area contributed by atoms with Crippen molar-refractivity contribution in [3.8, 4) is 5.75 Å². The Morgan fingerprint density at radius 2 is 1.78 bits per heavy atom. The first-order valence-corrected chi connectivity index (χ1v) is 11.5. The highest BCUT2D eigenvalue weighted by Crippen LogP contribution is 2.34. The maximum atomic E-state index is 12.8. The predicted molar refractivity (Wildman–Crippen MR) is 129 cm³/mol. The third kappa shape index (κ3) is 5.79. The quantitative estimate of drug-likeness (QED) is 0.523. The first-order valence-electron chi connectivity index (χ1n) is 10.7. The van der Waals surface area contributed by atoms with Crippen LogP contribution in [0.2, 0.25) is 0 Å². The van der Waals surface area contributed by atoms with Gasteiger partial charge in [0.15, 0.2) is 0 Å². The summed E-state index contributed by atoms with van der Waals surface area (Å²) in [6, 6.07) is 14.9. The number of ether oxygens (including phenoxy) is 1. The minimum atomic E-state index is -0.483. The van der Waals surface area contributed by atoms with Crippen LogP contribution < -0.4 is 10.1 Å². The fourth-order valence-electron chi connectivity index (χ4n) is 3.08. The molecular weight excluding hydrogens is 424 g/mol. The molecule has 3 rings (SSSR count). The molecular formula is C25H28N2O4S. The number of hydrogen-bond acceptors (Lipinski definition) is 5. The predicted octanol–water partition coefficient (Wildman–Crippen LogP) is 5.66. The molecule has 6 nitrogen and oxygen atoms in total. The molecule has 2 aromatic rings. The van der Waals surface area contributed by atoms with Crippen molar-refractivity contribution in [2.24, 2.45) is 0 Å². The summed E-state index contributed by atoms with van der Waals surface area (Å²) in [6.07, 6.45) is 2.52. The van der Waals surface area contributed by atoms with Crippen molar-refractivity contribution in [2.45, 2.75) is 46.1 Å². The molecule has 1 saturated heterocycles. The summed E-state index contributed by atoms with van der Waals surface area (Å²) >= 11 is 0.826. The van der Waals surface area contributed by atoms with Crippen LogP contribution in [0.1, 0.15) is 51.2 Å². The van der Waals surface area contributed by atoms with E-state index in [2.05, 4.69) is 19.2 Å². The maximum Gasteiger partial charge on any atom is 0.294 e. The summed E-state index contributed by atoms with van der Waals surface area (Å²) in [7, 11) is 0. The number of nitrogens with one attached hydrogen (secondary N) is 1. The second kappa shape index (κ2) is 10.5. The van der Waals surface area contributed by atoms with Gasteiger partial charge in [-0.15, -0.1) is 0 Å². The molecule has 0 aromatic heterocycles. The van der Waals surface area contributed by atoms with Gasteiger partial charge in [-0.3, -0.25) is 19.3 Å². The number of amides is 3. The van der Waals surface area contributed by atoms with Crippen molar-refractivity contribution in [3.63, 3.8) is 0 Å². The summed E-state index contributed by atoms with van der Waals surface area (Å²) in [5, 5.41) is 2.28. The van der Waals surface area contributed by atoms with E-state index in [4.69, 9.17) is 4.74 Å². The molecule has 32 heavy (non-hydrogen) atoms. The molecule has 0 spiro atoms. The Morgan fingerprint density at radius 1 is 1.09 bits per heavy atom. The first kappa shape index (κ1) is 23.6. The highest BCUT2D eigenvalue weighted by atomic mass is 32.2. The summed E-state index contributed by atoms with van der Waals surface area (Å²) < 4.78 is 5.92. The summed E-state index contributed by atoms with van der Waals surface area (Å²) in [6.45, 7) is 7.85. The molecule has 1 aliphatic heterocycles. The Kier molecular flexibility index (Phi) is 7.75. The second-order valence-corrected chi connectivity index (χ2v) is 8.96. The highest BCUT2D eigenvalue weighted by Gasteiger charge is 2.36. The summed E-state index contributed by atoms with van der Waals surface area (Å²) in [5.74, 6) is 0.133. The number of anilines is 1. The SMILES string of the molecule is CC[C@@H](C)Oc1ccccc1/C=C1/SC(=O)N(CC(=O)Nc2ccc(C(C)C)cc2)C1=O. The van der Waals surface area contributed by atoms with Gasteiger partial charge in [0.1, 0.15) is 12.3 Å². The van der Waals surface area contributed by atoms with Crippen LogP contribution in [-0.2, 0) is 9.59 Å². The number of para-hydroxylation sites is 1. The van der Waals surface area contributed by atoms with Crippen LogP contribution >= 0.6 is 11.8 Å². The molecule has 1 heterocycles. The van der Waals surface area contributed by atoms with Crippen molar-refractivity contribution >= 4 is 40.6 Å². The van der Waals surface area contributed by atoms with Gasteiger partial charge in [-0.1, -0.05) is 51.1 Å². The zero-order chi connectivity index (χ0) is 23.3. The van der Waals surface area contributed by atoms with E-state index >= 15 is 0 Å². The van der Waals surface area contributed by atoms with Crippen molar-refractivity contribution in [1.29, 1.82) is 0 Å². The van der Waals surface area contributed by atoms with E-state index in [1.54, 1.807) is 6.08 Å². The smallest absolute Gasteiger partial charge is 0.294 e. The lowest BCUT2D eigenvalue weighted by atomic mass is 10.0. The molecule has 0 saturated carbocycles. The number of hydrogen-bond donors (Lipinski definition) is 1. The van der Waals surface area contributed by atoms with Crippen LogP contribution in [0.5, 0.6) is 5.75 Å². The van der Waals surface area contributed by atoms with Gasteiger partial charge in [-0.25, -0.2) is 0 Å². The lowest BCUT2D eigenvalue weighted by Gasteiger charge is -2.15. The van der Waals surface area contributed by atoms with Gasteiger partial charge in [-0.05, 0) is 60.9 Å². The van der Waals surface area contributed by atoms with E-state index in [1.165, 1.54) is 0 Å². The number of imide groups is 1. The number of rotatable bonds is 8. The highest BCUT2D eigenvalue weighted by molar-refractivity contribution is 8.18. The lowest BCUT2D eigenvalue weighted by molar-refractivity contribution is -0.127. The zero-order valence-corrected chi connectivity index (χ0v) is 19.6. The fourth-order valence-corrected chi connectivity index (χ4v) is 3.91. The Balaban J connectivity index is 1.69. The van der Waals surface area contributed by atoms with Crippen LogP contribution in [0.4, 0.5) is 10.5 Å². The van der Waals surface area contributed by atoms with Crippen molar-refractivity contribution in [1.82, 2.24) is 4.90 Å². The average Bonchev–Trinajstić information content (AvgIpc) is 3.02. The minimum absolute atomic E-state index is 0.0258. The van der Waals surface area contributed by atoms with Crippen LogP contribution in [-0.4, -0.2) is 34.6 Å². The molecule has 168 valence electrons. The van der Waals surface area contributed by atoms with Gasteiger partial charge in [0.2, 0.25) is 5.91 Å². The Hall–Kier alpha value is -3.06. The van der Waals surface area contributed by atoms with Gasteiger partial charge in [-0.2, -0.15) is 0 Å². The number of nitrogens with zero attached hydrogens (tertiary/aromatic N) is 1. The van der Waals surface area contributed by atoms with Gasteiger partial charge < -0.3 is 10.1 Å². The van der Waals surface area contributed by atoms with Crippen molar-refractivity contribution < 1.29 is 19.1 Å². The molecule has 1 N–H and O–H groups in total. The molecule has 3 amide bonds. The zero-order valence-electron chi connectivity index (χ0n) is 18.8. The van der Waals surface area contributed by atoms with Gasteiger partial charge >= 0.3 is 0 Å². The summed E-state index contributed by atoms with van der Waals surface area (Å²) in [4.78, 5) is 38.9. The molecule has 0 radical (unpaired) electrons. The average molecular weight is 453 g/mol. The Morgan fingerprint density at radius 3 is 2.44 bits per heavy atom. The maximum absolute atomic E-state index is 12.8. The largest absolute Gasteiger partial charge is 0.490 e. The van der Waals surface area contributed by atoms with Crippen molar-refractivity contribution in [3.05, 3.63) is 64.6 Å². The molecule has 0 bridgehead atoms. The molecule has 7 heteroatoms. The molecule has 1 fully saturated rings. The minimum Gasteiger partial charge on any atom is -0.490 e. The van der Waals surface area contributed by atoms with Crippen LogP contribution in [0.15, 0.2) is 53.4 Å². The van der Waals surface area contributed by atoms with E-state index in [0.29, 0.717) is 22.9 Å². The molecule has 1 aliphatic rings. The van der Waals surface area contributed by atoms with Crippen LogP contribution in [0.25, 0.3) is 6.08 Å². The van der Waals surface area contributed by atoms with E-state index in [1.807, 2.05) is 62.4 Å². The number of carbonyl (C=O) groups excluding carboxylic acids is 3. The lowest BCUT2D eigenvalue weighted by Crippen LogP contribution is -2.36. The number of carbonyl (C=O) groups is 3. The van der Waals surface area contributed by atoms with Crippen molar-refractivity contribution in [2.75, 3.05) is 11.9 Å². The number of thioether (sulfide) groups is 1. The van der Waals surface area contributed by atoms with E-state index in [9.17, 15) is 14.4 Å². The Labute approximate surface area is 193 Å². The topological polar surface area (TPSA) is 75.7 Å². The third-order valence-electron chi connectivity index (χ3n) is 5.15. The number of benzene rings is 2. The van der Waals surface area contributed by atoms with E-state index < -0.39 is 17.1 Å². The van der Waals surface area contributed by atoms with Gasteiger partial charge in [0.25, 0.3) is 11.1 Å². The normalized spacial score (nSPS) is 16.0. The molecule has 0 unspecified atom stereocenters.